The molecule has 0 aromatic rings. The molecule has 7 N–H and O–H groups in total. The maximum Gasteiger partial charge on any atom is 0.321 e. The number of hydrogen-bond donors (Lipinski definition) is 5. The molecule has 0 radical (unpaired) electrons. The highest BCUT2D eigenvalue weighted by Crippen LogP contribution is 1.77. The van der Waals surface area contributed by atoms with Gasteiger partial charge in [0.15, 0.2) is 0 Å². The molecule has 0 amide bonds. The van der Waals surface area contributed by atoms with E-state index < -0.39 is 12.0 Å². The summed E-state index contributed by atoms with van der Waals surface area (Å²) in [5.41, 5.74) is 10.6. The van der Waals surface area contributed by atoms with Gasteiger partial charge in [-0.15, -0.1) is 0 Å². The van der Waals surface area contributed by atoms with E-state index >= 15 is 0 Å². The second kappa shape index (κ2) is 8.89. The summed E-state index contributed by atoms with van der Waals surface area (Å²) >= 11 is 0. The Hall–Kier alpha value is -0.690. The predicted molar refractivity (Wildman–Crippen MR) is 55.0 cm³/mol. The number of nitrogens with one attached hydrogen (secondary N) is 2. The van der Waals surface area contributed by atoms with Crippen molar-refractivity contribution in [2.45, 2.75) is 12.5 Å². The van der Waals surface area contributed by atoms with E-state index in [1.54, 1.807) is 0 Å². The van der Waals surface area contributed by atoms with Gasteiger partial charge in [-0.25, -0.2) is 0 Å². The minimum absolute atomic E-state index is 0.312. The minimum Gasteiger partial charge on any atom is -0.480 e. The Labute approximate surface area is 84.0 Å². The Morgan fingerprint density at radius 3 is 2.50 bits per heavy atom. The molecule has 84 valence electrons. The van der Waals surface area contributed by atoms with Gasteiger partial charge in [-0.2, -0.15) is 0 Å². The van der Waals surface area contributed by atoms with Crippen LogP contribution in [0.5, 0.6) is 0 Å². The summed E-state index contributed by atoms with van der Waals surface area (Å²) in [7, 11) is 0. The van der Waals surface area contributed by atoms with Gasteiger partial charge in [-0.1, -0.05) is 0 Å². The zero-order chi connectivity index (χ0) is 10.8. The second-order valence-corrected chi connectivity index (χ2v) is 3.04. The summed E-state index contributed by atoms with van der Waals surface area (Å²) in [6, 6.07) is -0.813. The third-order valence-corrected chi connectivity index (χ3v) is 1.71. The zero-order valence-corrected chi connectivity index (χ0v) is 8.33. The van der Waals surface area contributed by atoms with Crippen LogP contribution in [0.2, 0.25) is 0 Å². The van der Waals surface area contributed by atoms with E-state index in [2.05, 4.69) is 10.6 Å². The van der Waals surface area contributed by atoms with Crippen molar-refractivity contribution in [2.24, 2.45) is 11.5 Å². The van der Waals surface area contributed by atoms with Crippen molar-refractivity contribution >= 4 is 5.97 Å². The first-order chi connectivity index (χ1) is 6.68. The number of carbonyl (C=O) groups is 1. The first-order valence-corrected chi connectivity index (χ1v) is 4.78. The molecule has 14 heavy (non-hydrogen) atoms. The molecule has 0 fully saturated rings. The molecule has 0 aromatic carbocycles. The minimum atomic E-state index is -0.973. The molecule has 0 aromatic heterocycles. The molecule has 0 rings (SSSR count). The lowest BCUT2D eigenvalue weighted by Gasteiger charge is -2.08. The molecule has 0 saturated carbocycles. The normalized spacial score (nSPS) is 12.7. The lowest BCUT2D eigenvalue weighted by atomic mass is 10.3. The van der Waals surface area contributed by atoms with Gasteiger partial charge in [0, 0.05) is 19.6 Å². The number of carboxylic acid groups (broad SMARTS) is 1. The van der Waals surface area contributed by atoms with Crippen molar-refractivity contribution in [1.29, 1.82) is 0 Å². The smallest absolute Gasteiger partial charge is 0.321 e. The van der Waals surface area contributed by atoms with Crippen molar-refractivity contribution in [1.82, 2.24) is 10.6 Å². The summed E-state index contributed by atoms with van der Waals surface area (Å²) < 4.78 is 0. The largest absolute Gasteiger partial charge is 0.480 e. The fraction of sp³-hybridized carbons (Fsp3) is 0.875. The van der Waals surface area contributed by atoms with Gasteiger partial charge >= 0.3 is 5.97 Å². The van der Waals surface area contributed by atoms with Crippen molar-refractivity contribution < 1.29 is 9.90 Å². The summed E-state index contributed by atoms with van der Waals surface area (Å²) in [6.07, 6.45) is 0.937. The Kier molecular flexibility index (Phi) is 8.45. The van der Waals surface area contributed by atoms with E-state index in [9.17, 15) is 4.79 Å². The molecule has 0 aliphatic heterocycles. The molecule has 0 aliphatic carbocycles. The quantitative estimate of drug-likeness (QED) is 0.276. The Bertz CT molecular complexity index is 154. The summed E-state index contributed by atoms with van der Waals surface area (Å²) in [5, 5.41) is 14.6. The average Bonchev–Trinajstić information content (AvgIpc) is 2.16. The molecule has 0 aliphatic rings. The van der Waals surface area contributed by atoms with Gasteiger partial charge in [0.25, 0.3) is 0 Å². The molecule has 1 unspecified atom stereocenters. The zero-order valence-electron chi connectivity index (χ0n) is 8.33. The van der Waals surface area contributed by atoms with E-state index in [4.69, 9.17) is 16.6 Å². The van der Waals surface area contributed by atoms with Gasteiger partial charge in [0.2, 0.25) is 0 Å². The number of rotatable bonds is 9. The van der Waals surface area contributed by atoms with Crippen LogP contribution < -0.4 is 22.1 Å². The highest BCUT2D eigenvalue weighted by molar-refractivity contribution is 5.73. The average molecular weight is 204 g/mol. The predicted octanol–water partition coefficient (Wildman–Crippen LogP) is -2.07. The van der Waals surface area contributed by atoms with Crippen LogP contribution in [0.15, 0.2) is 0 Å². The fourth-order valence-electron chi connectivity index (χ4n) is 0.910. The topological polar surface area (TPSA) is 113 Å². The van der Waals surface area contributed by atoms with Crippen molar-refractivity contribution in [3.63, 3.8) is 0 Å². The molecule has 6 nitrogen and oxygen atoms in total. The summed E-state index contributed by atoms with van der Waals surface area (Å²) in [5.74, 6) is -0.973. The highest BCUT2D eigenvalue weighted by atomic mass is 16.4. The van der Waals surface area contributed by atoms with Crippen LogP contribution >= 0.6 is 0 Å². The van der Waals surface area contributed by atoms with Gasteiger partial charge in [0.1, 0.15) is 6.04 Å². The SMILES string of the molecule is NCCNCCCNCC(N)C(=O)O. The molecule has 0 heterocycles. The van der Waals surface area contributed by atoms with Gasteiger partial charge in [0.05, 0.1) is 0 Å². The molecule has 0 saturated heterocycles. The van der Waals surface area contributed by atoms with E-state index in [0.717, 1.165) is 26.1 Å². The van der Waals surface area contributed by atoms with E-state index in [1.807, 2.05) is 0 Å². The Morgan fingerprint density at radius 2 is 1.93 bits per heavy atom. The number of nitrogens with two attached hydrogens (primary N) is 2. The van der Waals surface area contributed by atoms with Crippen molar-refractivity contribution in [3.05, 3.63) is 0 Å². The van der Waals surface area contributed by atoms with Crippen molar-refractivity contribution in [3.8, 4) is 0 Å². The fourth-order valence-corrected chi connectivity index (χ4v) is 0.910. The first-order valence-electron chi connectivity index (χ1n) is 4.78. The summed E-state index contributed by atoms with van der Waals surface area (Å²) in [4.78, 5) is 10.3. The monoisotopic (exact) mass is 204 g/mol. The Balaban J connectivity index is 3.09. The van der Waals surface area contributed by atoms with E-state index in [1.165, 1.54) is 0 Å². The number of aliphatic carboxylic acids is 1. The lowest BCUT2D eigenvalue weighted by molar-refractivity contribution is -0.138. The number of carboxylic acids is 1. The van der Waals surface area contributed by atoms with E-state index in [0.29, 0.717) is 13.1 Å². The maximum atomic E-state index is 10.3. The van der Waals surface area contributed by atoms with Crippen LogP contribution in [0.3, 0.4) is 0 Å². The summed E-state index contributed by atoms with van der Waals surface area (Å²) in [6.45, 7) is 3.41. The van der Waals surface area contributed by atoms with Crippen LogP contribution in [0.4, 0.5) is 0 Å². The van der Waals surface area contributed by atoms with E-state index in [-0.39, 0.29) is 0 Å². The standard InChI is InChI=1S/C8H20N4O2/c9-2-5-11-3-1-4-12-6-7(10)8(13)14/h7,11-12H,1-6,9-10H2,(H,13,14). The van der Waals surface area contributed by atoms with Crippen LogP contribution in [-0.2, 0) is 4.79 Å². The molecular formula is C8H20N4O2. The van der Waals surface area contributed by atoms with Gasteiger partial charge in [-0.05, 0) is 19.5 Å². The lowest BCUT2D eigenvalue weighted by Crippen LogP contribution is -2.40. The third kappa shape index (κ3) is 7.93. The first kappa shape index (κ1) is 13.3. The molecule has 0 spiro atoms. The molecule has 6 heteroatoms. The van der Waals surface area contributed by atoms with Crippen molar-refractivity contribution in [2.75, 3.05) is 32.7 Å². The van der Waals surface area contributed by atoms with Crippen LogP contribution in [0.25, 0.3) is 0 Å². The van der Waals surface area contributed by atoms with Gasteiger partial charge < -0.3 is 27.2 Å². The highest BCUT2D eigenvalue weighted by Gasteiger charge is 2.09. The maximum absolute atomic E-state index is 10.3. The van der Waals surface area contributed by atoms with Crippen LogP contribution in [0, 0.1) is 0 Å². The Morgan fingerprint density at radius 1 is 1.29 bits per heavy atom. The molecule has 1 atom stereocenters. The van der Waals surface area contributed by atoms with Crippen LogP contribution in [0.1, 0.15) is 6.42 Å². The third-order valence-electron chi connectivity index (χ3n) is 1.71. The van der Waals surface area contributed by atoms with Crippen LogP contribution in [-0.4, -0.2) is 49.8 Å². The van der Waals surface area contributed by atoms with Gasteiger partial charge in [-0.3, -0.25) is 4.79 Å². The molecule has 0 bridgehead atoms. The second-order valence-electron chi connectivity index (χ2n) is 3.04. The number of hydrogen-bond acceptors (Lipinski definition) is 5. The molecular weight excluding hydrogens is 184 g/mol.